The van der Waals surface area contributed by atoms with Crippen molar-refractivity contribution in [1.82, 2.24) is 0 Å². The van der Waals surface area contributed by atoms with Gasteiger partial charge in [-0.05, 0) is 60.0 Å². The van der Waals surface area contributed by atoms with E-state index in [4.69, 9.17) is 9.47 Å². The highest BCUT2D eigenvalue weighted by Crippen LogP contribution is 2.68. The molecule has 1 aromatic carbocycles. The summed E-state index contributed by atoms with van der Waals surface area (Å²) in [5.74, 6) is -2.45. The van der Waals surface area contributed by atoms with Gasteiger partial charge in [-0.25, -0.2) is 0 Å². The minimum Gasteiger partial charge on any atom is -0.507 e. The van der Waals surface area contributed by atoms with Gasteiger partial charge in [0.1, 0.15) is 29.1 Å². The van der Waals surface area contributed by atoms with E-state index in [0.29, 0.717) is 23.9 Å². The Balaban J connectivity index is 1.81. The number of fused-ring (bicyclic) bond motifs is 1. The predicted octanol–water partition coefficient (Wildman–Crippen LogP) is 4.63. The first kappa shape index (κ1) is 29.0. The zero-order valence-electron chi connectivity index (χ0n) is 24.5. The normalized spacial score (nSPS) is 29.7. The van der Waals surface area contributed by atoms with Gasteiger partial charge in [-0.1, -0.05) is 36.0 Å². The number of rotatable bonds is 8. The molecule has 1 aromatic rings. The third kappa shape index (κ3) is 3.91. The smallest absolute Gasteiger partial charge is 0.200 e. The van der Waals surface area contributed by atoms with Crippen molar-refractivity contribution in [3.63, 3.8) is 0 Å². The van der Waals surface area contributed by atoms with Gasteiger partial charge in [0, 0.05) is 41.4 Å². The first-order valence-corrected chi connectivity index (χ1v) is 14.0. The summed E-state index contributed by atoms with van der Waals surface area (Å²) in [5, 5.41) is 33.5. The fraction of sp³-hybridized carbons (Fsp3) is 0.485. The zero-order chi connectivity index (χ0) is 30.2. The molecule has 41 heavy (non-hydrogen) atoms. The van der Waals surface area contributed by atoms with Crippen LogP contribution >= 0.6 is 0 Å². The molecule has 2 fully saturated rings. The second kappa shape index (κ2) is 9.53. The molecule has 1 unspecified atom stereocenters. The standard InChI is InChI=1S/C33H38O8/c1-16(2)8-9-20-26(36)21(14-23(35)17(3)4)27(37)25-28(38)22-12-19-13-24-31(6,7)41-32(30(19)39,11-10-18(5)15-34)33(22,24)40-29(20)25/h8,10,12,15,19,23-24,35-37H,3,9,11,13-14H2,1-2,4-7H3/b18-10+/t19-,23?,24-,32+,33-/m0/s1. The summed E-state index contributed by atoms with van der Waals surface area (Å²) < 4.78 is 13.5. The van der Waals surface area contributed by atoms with Crippen molar-refractivity contribution in [1.29, 1.82) is 0 Å². The maximum atomic E-state index is 14.5. The molecule has 5 atom stereocenters. The molecule has 3 aliphatic carbocycles. The molecule has 8 heteroatoms. The number of phenolic OH excluding ortho intramolecular Hbond substituents is 2. The van der Waals surface area contributed by atoms with E-state index in [1.165, 1.54) is 0 Å². The largest absolute Gasteiger partial charge is 0.507 e. The number of carbonyl (C=O) groups excluding carboxylic acids is 3. The van der Waals surface area contributed by atoms with Crippen LogP contribution in [0.4, 0.5) is 0 Å². The molecule has 1 saturated carbocycles. The zero-order valence-corrected chi connectivity index (χ0v) is 24.5. The second-order valence-electron chi connectivity index (χ2n) is 12.7. The number of aldehydes is 1. The molecule has 8 nitrogen and oxygen atoms in total. The Hall–Kier alpha value is -3.49. The number of hydrogen-bond donors (Lipinski definition) is 3. The molecule has 0 amide bonds. The Bertz CT molecular complexity index is 1490. The van der Waals surface area contributed by atoms with Crippen LogP contribution in [-0.4, -0.2) is 56.1 Å². The van der Waals surface area contributed by atoms with Gasteiger partial charge in [-0.3, -0.25) is 14.4 Å². The van der Waals surface area contributed by atoms with Gasteiger partial charge in [0.05, 0.1) is 11.7 Å². The minimum absolute atomic E-state index is 0.00753. The lowest BCUT2D eigenvalue weighted by atomic mass is 9.51. The molecule has 1 spiro atoms. The average Bonchev–Trinajstić information content (AvgIpc) is 3.06. The number of aliphatic hydroxyl groups is 1. The Morgan fingerprint density at radius 2 is 1.80 bits per heavy atom. The fourth-order valence-corrected chi connectivity index (χ4v) is 7.17. The van der Waals surface area contributed by atoms with Crippen LogP contribution in [0.1, 0.15) is 75.9 Å². The highest BCUT2D eigenvalue weighted by molar-refractivity contribution is 6.18. The quantitative estimate of drug-likeness (QED) is 0.238. The molecule has 6 rings (SSSR count). The molecular weight excluding hydrogens is 524 g/mol. The maximum absolute atomic E-state index is 14.5. The molecule has 4 bridgehead atoms. The van der Waals surface area contributed by atoms with Crippen molar-refractivity contribution in [2.24, 2.45) is 11.8 Å². The molecule has 0 radical (unpaired) electrons. The monoisotopic (exact) mass is 562 g/mol. The highest BCUT2D eigenvalue weighted by atomic mass is 16.6. The summed E-state index contributed by atoms with van der Waals surface area (Å²) in [5.41, 5.74) is -1.71. The van der Waals surface area contributed by atoms with Crippen molar-refractivity contribution in [2.75, 3.05) is 0 Å². The van der Waals surface area contributed by atoms with Gasteiger partial charge in [-0.2, -0.15) is 0 Å². The number of allylic oxidation sites excluding steroid dienone is 4. The van der Waals surface area contributed by atoms with Gasteiger partial charge in [0.15, 0.2) is 22.8 Å². The van der Waals surface area contributed by atoms with Crippen LogP contribution in [0.5, 0.6) is 17.2 Å². The maximum Gasteiger partial charge on any atom is 0.200 e. The van der Waals surface area contributed by atoms with Gasteiger partial charge in [-0.15, -0.1) is 0 Å². The van der Waals surface area contributed by atoms with E-state index < -0.39 is 46.3 Å². The van der Waals surface area contributed by atoms with E-state index in [9.17, 15) is 29.7 Å². The Morgan fingerprint density at radius 3 is 2.41 bits per heavy atom. The van der Waals surface area contributed by atoms with Crippen LogP contribution in [-0.2, 0) is 27.2 Å². The fourth-order valence-electron chi connectivity index (χ4n) is 7.17. The molecule has 218 valence electrons. The number of ketones is 2. The van der Waals surface area contributed by atoms with Crippen molar-refractivity contribution in [2.45, 2.75) is 90.1 Å². The summed E-state index contributed by atoms with van der Waals surface area (Å²) in [6, 6.07) is 0. The summed E-state index contributed by atoms with van der Waals surface area (Å²) in [7, 11) is 0. The SMILES string of the molecule is C=C(C)C(O)Cc1c(O)c(CC=C(C)C)c2c(c1O)C(=O)C1=C[C@H]3C[C@H]4C(C)(C)O[C@](C/C=C(\C)C=O)(C3=O)[C@]14O2. The van der Waals surface area contributed by atoms with Gasteiger partial charge in [0.25, 0.3) is 0 Å². The van der Waals surface area contributed by atoms with Crippen LogP contribution in [0, 0.1) is 11.8 Å². The Kier molecular flexibility index (Phi) is 6.74. The summed E-state index contributed by atoms with van der Waals surface area (Å²) in [4.78, 5) is 40.0. The predicted molar refractivity (Wildman–Crippen MR) is 152 cm³/mol. The second-order valence-corrected chi connectivity index (χ2v) is 12.7. The number of phenols is 2. The highest BCUT2D eigenvalue weighted by Gasteiger charge is 2.81. The number of aromatic hydroxyl groups is 2. The topological polar surface area (TPSA) is 130 Å². The number of benzene rings is 1. The number of carbonyl (C=O) groups is 3. The van der Waals surface area contributed by atoms with Gasteiger partial charge < -0.3 is 24.8 Å². The molecule has 5 aliphatic rings. The van der Waals surface area contributed by atoms with Crippen molar-refractivity contribution < 1.29 is 39.2 Å². The summed E-state index contributed by atoms with van der Waals surface area (Å²) >= 11 is 0. The third-order valence-corrected chi connectivity index (χ3v) is 9.27. The van der Waals surface area contributed by atoms with Crippen LogP contribution in [0.2, 0.25) is 0 Å². The van der Waals surface area contributed by atoms with E-state index in [-0.39, 0.29) is 58.8 Å². The van der Waals surface area contributed by atoms with E-state index in [2.05, 4.69) is 6.58 Å². The van der Waals surface area contributed by atoms with E-state index in [0.717, 1.165) is 5.57 Å². The van der Waals surface area contributed by atoms with Crippen LogP contribution < -0.4 is 4.74 Å². The molecule has 1 saturated heterocycles. The summed E-state index contributed by atoms with van der Waals surface area (Å²) in [6.45, 7) is 14.6. The van der Waals surface area contributed by atoms with Crippen LogP contribution in [0.3, 0.4) is 0 Å². The van der Waals surface area contributed by atoms with Crippen molar-refractivity contribution >= 4 is 17.9 Å². The molecule has 0 aromatic heterocycles. The van der Waals surface area contributed by atoms with Crippen molar-refractivity contribution in [3.05, 3.63) is 63.8 Å². The van der Waals surface area contributed by atoms with E-state index >= 15 is 0 Å². The first-order chi connectivity index (χ1) is 19.1. The Labute approximate surface area is 240 Å². The average molecular weight is 563 g/mol. The van der Waals surface area contributed by atoms with Crippen molar-refractivity contribution in [3.8, 4) is 17.2 Å². The number of aliphatic hydroxyl groups excluding tert-OH is 1. The first-order valence-electron chi connectivity index (χ1n) is 14.0. The Morgan fingerprint density at radius 1 is 1.12 bits per heavy atom. The number of Topliss-reactive ketones (excluding diaryl/α,β-unsaturated/α-hetero) is 2. The molecular formula is C33H38O8. The lowest BCUT2D eigenvalue weighted by Gasteiger charge is -2.56. The lowest BCUT2D eigenvalue weighted by Crippen LogP contribution is -2.72. The lowest BCUT2D eigenvalue weighted by molar-refractivity contribution is -0.171. The minimum atomic E-state index is -1.58. The van der Waals surface area contributed by atoms with Crippen LogP contribution in [0.25, 0.3) is 0 Å². The number of ether oxygens (including phenoxy) is 2. The summed E-state index contributed by atoms with van der Waals surface area (Å²) in [6.07, 6.45) is 5.26. The van der Waals surface area contributed by atoms with E-state index in [1.54, 1.807) is 26.0 Å². The molecule has 3 N–H and O–H groups in total. The van der Waals surface area contributed by atoms with E-state index in [1.807, 2.05) is 33.8 Å². The number of hydrogen-bond acceptors (Lipinski definition) is 8. The van der Waals surface area contributed by atoms with Gasteiger partial charge in [0.2, 0.25) is 0 Å². The van der Waals surface area contributed by atoms with Crippen LogP contribution in [0.15, 0.2) is 47.1 Å². The third-order valence-electron chi connectivity index (χ3n) is 9.27. The molecule has 2 heterocycles. The van der Waals surface area contributed by atoms with Gasteiger partial charge >= 0.3 is 0 Å². The molecule has 2 aliphatic heterocycles.